The van der Waals surface area contributed by atoms with Crippen LogP contribution >= 0.6 is 11.6 Å². The summed E-state index contributed by atoms with van der Waals surface area (Å²) in [6, 6.07) is 1.09. The Balaban J connectivity index is 2.84. The van der Waals surface area contributed by atoms with E-state index in [4.69, 9.17) is 11.6 Å². The number of H-pyrrole nitrogens is 1. The minimum Gasteiger partial charge on any atom is -0.297 e. The number of nitrogens with one attached hydrogen (secondary N) is 1. The normalized spacial score (nSPS) is 10.8. The Labute approximate surface area is 109 Å². The van der Waals surface area contributed by atoms with Crippen molar-refractivity contribution < 1.29 is 13.2 Å². The fourth-order valence-corrected chi connectivity index (χ4v) is 1.66. The number of aromatic nitrogens is 2. The van der Waals surface area contributed by atoms with Crippen LogP contribution in [0.3, 0.4) is 0 Å². The summed E-state index contributed by atoms with van der Waals surface area (Å²) in [5.74, 6) is -4.69. The van der Waals surface area contributed by atoms with Gasteiger partial charge in [-0.05, 0) is 6.92 Å². The topological polar surface area (TPSA) is 54.9 Å². The average molecular weight is 291 g/mol. The fraction of sp³-hybridized carbons (Fsp3) is 0.0909. The van der Waals surface area contributed by atoms with Gasteiger partial charge in [0.25, 0.3) is 5.56 Å². The van der Waals surface area contributed by atoms with Gasteiger partial charge in [-0.15, -0.1) is 0 Å². The van der Waals surface area contributed by atoms with Gasteiger partial charge in [0.1, 0.15) is 5.15 Å². The molecule has 100 valence electrons. The molecular weight excluding hydrogens is 285 g/mol. The second kappa shape index (κ2) is 4.58. The van der Waals surface area contributed by atoms with Crippen molar-refractivity contribution in [3.63, 3.8) is 0 Å². The van der Waals surface area contributed by atoms with Gasteiger partial charge in [-0.1, -0.05) is 11.6 Å². The molecule has 8 heteroatoms. The molecule has 0 saturated heterocycles. The number of aromatic amines is 1. The van der Waals surface area contributed by atoms with Crippen LogP contribution in [-0.4, -0.2) is 9.55 Å². The van der Waals surface area contributed by atoms with Gasteiger partial charge in [-0.2, -0.15) is 0 Å². The first-order chi connectivity index (χ1) is 8.82. The molecule has 19 heavy (non-hydrogen) atoms. The standard InChI is InChI=1S/C11H6ClF3N2O2/c1-4-9(12)16-11(19)17(10(4)18)5-2-6(13)8(15)7(14)3-5/h2-3H,1H3,(H,16,19). The van der Waals surface area contributed by atoms with Crippen molar-refractivity contribution >= 4 is 11.6 Å². The van der Waals surface area contributed by atoms with Gasteiger partial charge in [0.05, 0.1) is 11.3 Å². The van der Waals surface area contributed by atoms with Crippen LogP contribution in [0.5, 0.6) is 0 Å². The van der Waals surface area contributed by atoms with Gasteiger partial charge in [0, 0.05) is 12.1 Å². The van der Waals surface area contributed by atoms with Gasteiger partial charge in [-0.3, -0.25) is 9.78 Å². The summed E-state index contributed by atoms with van der Waals surface area (Å²) in [5.41, 5.74) is -2.26. The van der Waals surface area contributed by atoms with Crippen molar-refractivity contribution in [1.82, 2.24) is 9.55 Å². The van der Waals surface area contributed by atoms with E-state index < -0.39 is 34.4 Å². The molecule has 0 aliphatic rings. The minimum absolute atomic E-state index is 0.00796. The molecule has 0 amide bonds. The molecule has 0 bridgehead atoms. The molecule has 1 aromatic carbocycles. The molecule has 0 atom stereocenters. The molecule has 1 aromatic heterocycles. The Kier molecular flexibility index (Phi) is 3.23. The highest BCUT2D eigenvalue weighted by atomic mass is 35.5. The number of benzene rings is 1. The van der Waals surface area contributed by atoms with Crippen LogP contribution in [0.4, 0.5) is 13.2 Å². The van der Waals surface area contributed by atoms with Gasteiger partial charge >= 0.3 is 5.69 Å². The van der Waals surface area contributed by atoms with Crippen molar-refractivity contribution in [2.45, 2.75) is 6.92 Å². The third-order valence-electron chi connectivity index (χ3n) is 2.50. The zero-order valence-corrected chi connectivity index (χ0v) is 10.2. The molecule has 4 nitrogen and oxygen atoms in total. The Morgan fingerprint density at radius 2 is 1.68 bits per heavy atom. The summed E-state index contributed by atoms with van der Waals surface area (Å²) in [4.78, 5) is 25.6. The van der Waals surface area contributed by atoms with E-state index >= 15 is 0 Å². The summed E-state index contributed by atoms with van der Waals surface area (Å²) in [5, 5.41) is -0.172. The highest BCUT2D eigenvalue weighted by Crippen LogP contribution is 2.15. The Hall–Kier alpha value is -2.02. The first-order valence-electron chi connectivity index (χ1n) is 4.99. The van der Waals surface area contributed by atoms with Crippen LogP contribution in [-0.2, 0) is 0 Å². The largest absolute Gasteiger partial charge is 0.334 e. The molecule has 0 radical (unpaired) electrons. The van der Waals surface area contributed by atoms with Gasteiger partial charge < -0.3 is 0 Å². The maximum Gasteiger partial charge on any atom is 0.334 e. The van der Waals surface area contributed by atoms with E-state index in [1.165, 1.54) is 6.92 Å². The van der Waals surface area contributed by atoms with Crippen LogP contribution in [0.1, 0.15) is 5.56 Å². The molecule has 1 N–H and O–H groups in total. The predicted octanol–water partition coefficient (Wildman–Crippen LogP) is 1.90. The summed E-state index contributed by atoms with van der Waals surface area (Å²) in [6.07, 6.45) is 0. The highest BCUT2D eigenvalue weighted by Gasteiger charge is 2.16. The van der Waals surface area contributed by atoms with Crippen LogP contribution in [0.25, 0.3) is 5.69 Å². The first-order valence-corrected chi connectivity index (χ1v) is 5.37. The van der Waals surface area contributed by atoms with E-state index in [-0.39, 0.29) is 10.7 Å². The SMILES string of the molecule is Cc1c(Cl)[nH]c(=O)n(-c2cc(F)c(F)c(F)c2)c1=O. The van der Waals surface area contributed by atoms with Gasteiger partial charge in [0.15, 0.2) is 17.5 Å². The Morgan fingerprint density at radius 1 is 1.16 bits per heavy atom. The summed E-state index contributed by atoms with van der Waals surface area (Å²) < 4.78 is 39.5. The van der Waals surface area contributed by atoms with E-state index in [0.29, 0.717) is 16.7 Å². The lowest BCUT2D eigenvalue weighted by Crippen LogP contribution is -2.35. The van der Waals surface area contributed by atoms with Crippen LogP contribution in [0, 0.1) is 24.4 Å². The smallest absolute Gasteiger partial charge is 0.297 e. The Morgan fingerprint density at radius 3 is 2.21 bits per heavy atom. The molecule has 1 heterocycles. The monoisotopic (exact) mass is 290 g/mol. The number of hydrogen-bond donors (Lipinski definition) is 1. The lowest BCUT2D eigenvalue weighted by atomic mass is 10.2. The quantitative estimate of drug-likeness (QED) is 0.644. The molecule has 0 aliphatic carbocycles. The predicted molar refractivity (Wildman–Crippen MR) is 62.3 cm³/mol. The van der Waals surface area contributed by atoms with E-state index in [9.17, 15) is 22.8 Å². The zero-order valence-electron chi connectivity index (χ0n) is 9.43. The van der Waals surface area contributed by atoms with E-state index in [1.807, 2.05) is 0 Å². The highest BCUT2D eigenvalue weighted by molar-refractivity contribution is 6.30. The number of rotatable bonds is 1. The summed E-state index contributed by atoms with van der Waals surface area (Å²) >= 11 is 5.59. The number of hydrogen-bond acceptors (Lipinski definition) is 2. The van der Waals surface area contributed by atoms with Crippen molar-refractivity contribution in [1.29, 1.82) is 0 Å². The van der Waals surface area contributed by atoms with E-state index in [0.717, 1.165) is 0 Å². The van der Waals surface area contributed by atoms with Crippen molar-refractivity contribution in [2.75, 3.05) is 0 Å². The van der Waals surface area contributed by atoms with Crippen molar-refractivity contribution in [3.05, 3.63) is 61.1 Å². The molecule has 2 aromatic rings. The molecule has 0 spiro atoms. The lowest BCUT2D eigenvalue weighted by Gasteiger charge is -2.07. The van der Waals surface area contributed by atoms with E-state index in [2.05, 4.69) is 4.98 Å². The summed E-state index contributed by atoms with van der Waals surface area (Å²) in [6.45, 7) is 1.33. The third kappa shape index (κ3) is 2.17. The van der Waals surface area contributed by atoms with Crippen molar-refractivity contribution in [2.24, 2.45) is 0 Å². The van der Waals surface area contributed by atoms with Crippen LogP contribution in [0.2, 0.25) is 5.15 Å². The molecule has 0 aliphatic heterocycles. The van der Waals surface area contributed by atoms with Gasteiger partial charge in [-0.25, -0.2) is 22.5 Å². The lowest BCUT2D eigenvalue weighted by molar-refractivity contribution is 0.446. The fourth-order valence-electron chi connectivity index (χ4n) is 1.50. The summed E-state index contributed by atoms with van der Waals surface area (Å²) in [7, 11) is 0. The first kappa shape index (κ1) is 13.4. The number of nitrogens with zero attached hydrogens (tertiary/aromatic N) is 1. The molecule has 0 unspecified atom stereocenters. The maximum absolute atomic E-state index is 13.1. The number of halogens is 4. The molecule has 2 rings (SSSR count). The minimum atomic E-state index is -1.68. The molecule has 0 fully saturated rings. The molecular formula is C11H6ClF3N2O2. The molecule has 0 saturated carbocycles. The van der Waals surface area contributed by atoms with E-state index in [1.54, 1.807) is 0 Å². The van der Waals surface area contributed by atoms with Crippen LogP contribution in [0.15, 0.2) is 21.7 Å². The van der Waals surface area contributed by atoms with Crippen LogP contribution < -0.4 is 11.2 Å². The maximum atomic E-state index is 13.1. The second-order valence-electron chi connectivity index (χ2n) is 3.73. The second-order valence-corrected chi connectivity index (χ2v) is 4.11. The third-order valence-corrected chi connectivity index (χ3v) is 2.88. The van der Waals surface area contributed by atoms with Gasteiger partial charge in [0.2, 0.25) is 0 Å². The van der Waals surface area contributed by atoms with Crippen molar-refractivity contribution in [3.8, 4) is 5.69 Å². The Bertz CT molecular complexity index is 759. The average Bonchev–Trinajstić information content (AvgIpc) is 2.33. The zero-order chi connectivity index (χ0) is 14.3.